The van der Waals surface area contributed by atoms with Gasteiger partial charge in [0.05, 0.1) is 6.04 Å². The zero-order chi connectivity index (χ0) is 25.1. The summed E-state index contributed by atoms with van der Waals surface area (Å²) in [5.41, 5.74) is 5.22. The quantitative estimate of drug-likeness (QED) is 0.201. The molecule has 0 bridgehead atoms. The highest BCUT2D eigenvalue weighted by Gasteiger charge is 2.34. The van der Waals surface area contributed by atoms with Crippen LogP contribution in [0.1, 0.15) is 66.2 Å². The average molecular weight is 470 g/mol. The highest BCUT2D eigenvalue weighted by atomic mass is 16.4. The first-order chi connectivity index (χ1) is 15.5. The number of primary amides is 1. The van der Waals surface area contributed by atoms with Crippen molar-refractivity contribution in [2.45, 2.75) is 90.4 Å². The molecule has 0 aliphatic carbocycles. The van der Waals surface area contributed by atoms with Crippen LogP contribution in [0.5, 0.6) is 0 Å². The lowest BCUT2D eigenvalue weighted by molar-refractivity contribution is -0.144. The third-order valence-corrected chi connectivity index (χ3v) is 6.26. The summed E-state index contributed by atoms with van der Waals surface area (Å²) in [5.74, 6) is -3.96. The van der Waals surface area contributed by atoms with E-state index in [4.69, 9.17) is 5.73 Å². The van der Waals surface area contributed by atoms with Crippen LogP contribution in [0.15, 0.2) is 0 Å². The highest BCUT2D eigenvalue weighted by molar-refractivity contribution is 5.94. The van der Waals surface area contributed by atoms with Gasteiger partial charge in [-0.3, -0.25) is 19.2 Å². The summed E-state index contributed by atoms with van der Waals surface area (Å²) in [7, 11) is 0. The lowest BCUT2D eigenvalue weighted by Gasteiger charge is -2.29. The second-order valence-corrected chi connectivity index (χ2v) is 8.80. The van der Waals surface area contributed by atoms with Gasteiger partial charge in [-0.25, -0.2) is 4.79 Å². The van der Waals surface area contributed by atoms with Gasteiger partial charge >= 0.3 is 5.97 Å². The van der Waals surface area contributed by atoms with Crippen LogP contribution in [0.25, 0.3) is 0 Å². The monoisotopic (exact) mass is 469 g/mol. The van der Waals surface area contributed by atoms with Gasteiger partial charge in [0.15, 0.2) is 0 Å². The molecule has 0 spiro atoms. The zero-order valence-electron chi connectivity index (χ0n) is 20.0. The standard InChI is InChI=1S/C22H39N5O6/c1-5-12(3)17(21(31)27-18(22(32)33)13(4)6-2)26-20(30)15(9-10-16(23)28)25-19(29)14-8-7-11-24-14/h12-15,17-18,24H,5-11H2,1-4H3,(H2,23,28)(H,25,29)(H,26,30)(H,27,31)(H,32,33). The van der Waals surface area contributed by atoms with Crippen molar-refractivity contribution >= 4 is 29.6 Å². The molecule has 11 nitrogen and oxygen atoms in total. The molecular weight excluding hydrogens is 430 g/mol. The second kappa shape index (κ2) is 13.8. The fraction of sp³-hybridized carbons (Fsp3) is 0.773. The molecular formula is C22H39N5O6. The number of hydrogen-bond donors (Lipinski definition) is 6. The fourth-order valence-corrected chi connectivity index (χ4v) is 3.62. The lowest BCUT2D eigenvalue weighted by Crippen LogP contribution is -2.59. The molecule has 0 aromatic rings. The number of rotatable bonds is 14. The molecule has 0 aromatic heterocycles. The summed E-state index contributed by atoms with van der Waals surface area (Å²) in [4.78, 5) is 61.5. The highest BCUT2D eigenvalue weighted by Crippen LogP contribution is 2.13. The van der Waals surface area contributed by atoms with Gasteiger partial charge in [0, 0.05) is 6.42 Å². The minimum Gasteiger partial charge on any atom is -0.480 e. The number of aliphatic carboxylic acids is 1. The molecule has 1 fully saturated rings. The molecule has 6 atom stereocenters. The van der Waals surface area contributed by atoms with E-state index in [0.717, 1.165) is 6.42 Å². The van der Waals surface area contributed by atoms with Gasteiger partial charge in [-0.2, -0.15) is 0 Å². The van der Waals surface area contributed by atoms with Crippen LogP contribution in [-0.4, -0.2) is 65.4 Å². The Labute approximate surface area is 195 Å². The van der Waals surface area contributed by atoms with Crippen LogP contribution in [0.3, 0.4) is 0 Å². The van der Waals surface area contributed by atoms with Gasteiger partial charge in [0.2, 0.25) is 23.6 Å². The summed E-state index contributed by atoms with van der Waals surface area (Å²) in [6.07, 6.45) is 2.44. The predicted molar refractivity (Wildman–Crippen MR) is 122 cm³/mol. The van der Waals surface area contributed by atoms with Crippen molar-refractivity contribution in [3.8, 4) is 0 Å². The fourth-order valence-electron chi connectivity index (χ4n) is 3.62. The van der Waals surface area contributed by atoms with Crippen LogP contribution < -0.4 is 27.0 Å². The lowest BCUT2D eigenvalue weighted by atomic mass is 9.95. The van der Waals surface area contributed by atoms with Gasteiger partial charge in [-0.1, -0.05) is 40.5 Å². The first-order valence-electron chi connectivity index (χ1n) is 11.7. The number of carboxylic acid groups (broad SMARTS) is 1. The van der Waals surface area contributed by atoms with Gasteiger partial charge < -0.3 is 32.1 Å². The summed E-state index contributed by atoms with van der Waals surface area (Å²) in [6, 6.07) is -3.58. The van der Waals surface area contributed by atoms with E-state index in [1.54, 1.807) is 13.8 Å². The third kappa shape index (κ3) is 8.99. The van der Waals surface area contributed by atoms with Gasteiger partial charge in [0.25, 0.3) is 0 Å². The summed E-state index contributed by atoms with van der Waals surface area (Å²) < 4.78 is 0. The van der Waals surface area contributed by atoms with Crippen LogP contribution in [0.2, 0.25) is 0 Å². The average Bonchev–Trinajstić information content (AvgIpc) is 3.31. The minimum atomic E-state index is -1.15. The normalized spacial score (nSPS) is 20.1. The number of carboxylic acids is 1. The van der Waals surface area contributed by atoms with Crippen molar-refractivity contribution in [2.75, 3.05) is 6.54 Å². The van der Waals surface area contributed by atoms with E-state index in [0.29, 0.717) is 25.8 Å². The maximum Gasteiger partial charge on any atom is 0.326 e. The molecule has 6 unspecified atom stereocenters. The molecule has 0 radical (unpaired) electrons. The number of nitrogens with two attached hydrogens (primary N) is 1. The molecule has 1 aliphatic rings. The molecule has 7 N–H and O–H groups in total. The zero-order valence-corrected chi connectivity index (χ0v) is 20.0. The number of carbonyl (C=O) groups excluding carboxylic acids is 4. The minimum absolute atomic E-state index is 0.0148. The van der Waals surface area contributed by atoms with E-state index >= 15 is 0 Å². The maximum absolute atomic E-state index is 13.1. The SMILES string of the molecule is CCC(C)C(NC(=O)C(NC(=O)C(CCC(N)=O)NC(=O)C1CCCN1)C(C)CC)C(=O)O. The molecule has 4 amide bonds. The molecule has 1 heterocycles. The van der Waals surface area contributed by atoms with E-state index < -0.39 is 47.9 Å². The smallest absolute Gasteiger partial charge is 0.326 e. The van der Waals surface area contributed by atoms with Crippen molar-refractivity contribution in [1.29, 1.82) is 0 Å². The number of carbonyl (C=O) groups is 5. The number of hydrogen-bond acceptors (Lipinski definition) is 6. The molecule has 33 heavy (non-hydrogen) atoms. The van der Waals surface area contributed by atoms with Crippen molar-refractivity contribution in [2.24, 2.45) is 17.6 Å². The Morgan fingerprint density at radius 3 is 2.03 bits per heavy atom. The Kier molecular flexibility index (Phi) is 11.8. The van der Waals surface area contributed by atoms with E-state index in [9.17, 15) is 29.1 Å². The third-order valence-electron chi connectivity index (χ3n) is 6.26. The summed E-state index contributed by atoms with van der Waals surface area (Å²) in [6.45, 7) is 7.86. The first-order valence-corrected chi connectivity index (χ1v) is 11.7. The topological polar surface area (TPSA) is 180 Å². The van der Waals surface area contributed by atoms with E-state index in [2.05, 4.69) is 21.3 Å². The van der Waals surface area contributed by atoms with Crippen molar-refractivity contribution < 1.29 is 29.1 Å². The van der Waals surface area contributed by atoms with Crippen LogP contribution in [-0.2, 0) is 24.0 Å². The van der Waals surface area contributed by atoms with Crippen LogP contribution >= 0.6 is 0 Å². The molecule has 1 rings (SSSR count). The number of amides is 4. The van der Waals surface area contributed by atoms with E-state index in [1.807, 2.05) is 13.8 Å². The van der Waals surface area contributed by atoms with Crippen molar-refractivity contribution in [3.05, 3.63) is 0 Å². The number of nitrogens with one attached hydrogen (secondary N) is 4. The molecule has 0 aromatic carbocycles. The van der Waals surface area contributed by atoms with Crippen molar-refractivity contribution in [3.63, 3.8) is 0 Å². The first kappa shape index (κ1) is 28.3. The van der Waals surface area contributed by atoms with E-state index in [-0.39, 0.29) is 30.6 Å². The van der Waals surface area contributed by atoms with E-state index in [1.165, 1.54) is 0 Å². The summed E-state index contributed by atoms with van der Waals surface area (Å²) in [5, 5.41) is 20.4. The van der Waals surface area contributed by atoms with Crippen LogP contribution in [0.4, 0.5) is 0 Å². The molecule has 0 saturated carbocycles. The Morgan fingerprint density at radius 1 is 0.970 bits per heavy atom. The molecule has 1 aliphatic heterocycles. The molecule has 1 saturated heterocycles. The predicted octanol–water partition coefficient (Wildman–Crippen LogP) is -0.365. The van der Waals surface area contributed by atoms with Gasteiger partial charge in [-0.05, 0) is 37.6 Å². The van der Waals surface area contributed by atoms with Crippen LogP contribution in [0, 0.1) is 11.8 Å². The largest absolute Gasteiger partial charge is 0.480 e. The van der Waals surface area contributed by atoms with Gasteiger partial charge in [-0.15, -0.1) is 0 Å². The van der Waals surface area contributed by atoms with Gasteiger partial charge in [0.1, 0.15) is 18.1 Å². The second-order valence-electron chi connectivity index (χ2n) is 8.80. The van der Waals surface area contributed by atoms with Crippen molar-refractivity contribution in [1.82, 2.24) is 21.3 Å². The maximum atomic E-state index is 13.1. The Morgan fingerprint density at radius 2 is 1.55 bits per heavy atom. The Balaban J connectivity index is 2.99. The Bertz CT molecular complexity index is 709. The molecule has 188 valence electrons. The summed E-state index contributed by atoms with van der Waals surface area (Å²) >= 11 is 0. The molecule has 11 heteroatoms. The Hall–Kier alpha value is -2.69.